The van der Waals surface area contributed by atoms with Crippen molar-refractivity contribution in [3.8, 4) is 0 Å². The summed E-state index contributed by atoms with van der Waals surface area (Å²) in [6.07, 6.45) is -1.23. The van der Waals surface area contributed by atoms with Gasteiger partial charge in [-0.05, 0) is 18.2 Å². The van der Waals surface area contributed by atoms with Gasteiger partial charge in [0.25, 0.3) is 0 Å². The Hall–Kier alpha value is -2.00. The molecule has 1 aromatic rings. The molecule has 0 bridgehead atoms. The monoisotopic (exact) mass is 322 g/mol. The number of aliphatic carboxylic acids is 1. The molecule has 0 fully saturated rings. The summed E-state index contributed by atoms with van der Waals surface area (Å²) in [7, 11) is -3.45. The number of nitrogens with one attached hydrogen (secondary N) is 1. The first kappa shape index (κ1) is 16.1. The lowest BCUT2D eigenvalue weighted by Gasteiger charge is -2.22. The molecule has 20 heavy (non-hydrogen) atoms. The zero-order valence-electron chi connectivity index (χ0n) is 10.2. The van der Waals surface area contributed by atoms with Crippen LogP contribution < -0.4 is 9.03 Å². The lowest BCUT2D eigenvalue weighted by Crippen LogP contribution is -2.45. The van der Waals surface area contributed by atoms with Gasteiger partial charge in [0.15, 0.2) is 0 Å². The highest BCUT2D eigenvalue weighted by Crippen LogP contribution is 2.21. The molecule has 2 N–H and O–H groups in total. The predicted molar refractivity (Wildman–Crippen MR) is 70.9 cm³/mol. The normalized spacial score (nSPS) is 10.7. The van der Waals surface area contributed by atoms with Crippen molar-refractivity contribution < 1.29 is 27.9 Å². The smallest absolute Gasteiger partial charge is 0.422 e. The molecular weight excluding hydrogens is 312 g/mol. The molecule has 0 aliphatic rings. The number of hydrogen-bond acceptors (Lipinski definition) is 5. The number of amides is 1. The standard InChI is InChI=1S/C10H11ClN2O6S/c1-19-10(16)12-20(17,18)13(6-9(14)15)8-4-2-3-7(11)5-8/h2-5H,6H2,1H3,(H,12,16)(H,14,15). The second-order valence-corrected chi connectivity index (χ2v) is 5.51. The number of halogens is 1. The second-order valence-electron chi connectivity index (χ2n) is 3.48. The van der Waals surface area contributed by atoms with E-state index < -0.39 is 28.8 Å². The van der Waals surface area contributed by atoms with Crippen LogP contribution in [0.4, 0.5) is 10.5 Å². The van der Waals surface area contributed by atoms with E-state index in [1.807, 2.05) is 0 Å². The van der Waals surface area contributed by atoms with E-state index in [0.717, 1.165) is 7.11 Å². The van der Waals surface area contributed by atoms with Gasteiger partial charge >= 0.3 is 22.3 Å². The molecule has 0 saturated heterocycles. The van der Waals surface area contributed by atoms with E-state index in [4.69, 9.17) is 16.7 Å². The maximum Gasteiger partial charge on any atom is 0.422 e. The topological polar surface area (TPSA) is 113 Å². The number of rotatable bonds is 5. The average Bonchev–Trinajstić information content (AvgIpc) is 2.35. The maximum atomic E-state index is 12.0. The fraction of sp³-hybridized carbons (Fsp3) is 0.200. The van der Waals surface area contributed by atoms with Crippen molar-refractivity contribution in [2.75, 3.05) is 18.0 Å². The zero-order chi connectivity index (χ0) is 15.3. The van der Waals surface area contributed by atoms with E-state index in [9.17, 15) is 18.0 Å². The van der Waals surface area contributed by atoms with E-state index in [-0.39, 0.29) is 10.7 Å². The van der Waals surface area contributed by atoms with Crippen molar-refractivity contribution >= 4 is 39.6 Å². The summed E-state index contributed by atoms with van der Waals surface area (Å²) in [6, 6.07) is 5.52. The molecule has 0 aliphatic carbocycles. The second kappa shape index (κ2) is 6.44. The van der Waals surface area contributed by atoms with Crippen LogP contribution in [0.15, 0.2) is 24.3 Å². The molecule has 0 radical (unpaired) electrons. The molecule has 1 aromatic carbocycles. The van der Waals surface area contributed by atoms with Crippen molar-refractivity contribution in [1.82, 2.24) is 4.72 Å². The van der Waals surface area contributed by atoms with E-state index in [2.05, 4.69) is 4.74 Å². The third kappa shape index (κ3) is 4.28. The van der Waals surface area contributed by atoms with Gasteiger partial charge in [0.1, 0.15) is 6.54 Å². The number of ether oxygens (including phenoxy) is 1. The van der Waals surface area contributed by atoms with Gasteiger partial charge < -0.3 is 9.84 Å². The Bertz CT molecular complexity index is 618. The number of carbonyl (C=O) groups excluding carboxylic acids is 1. The quantitative estimate of drug-likeness (QED) is 0.830. The SMILES string of the molecule is COC(=O)NS(=O)(=O)N(CC(=O)O)c1cccc(Cl)c1. The largest absolute Gasteiger partial charge is 0.480 e. The molecule has 0 heterocycles. The third-order valence-electron chi connectivity index (χ3n) is 2.06. The van der Waals surface area contributed by atoms with E-state index in [1.54, 1.807) is 4.72 Å². The number of methoxy groups -OCH3 is 1. The molecule has 8 nitrogen and oxygen atoms in total. The molecule has 0 unspecified atom stereocenters. The molecule has 10 heteroatoms. The fourth-order valence-corrected chi connectivity index (χ4v) is 2.53. The van der Waals surface area contributed by atoms with Crippen molar-refractivity contribution in [1.29, 1.82) is 0 Å². The van der Waals surface area contributed by atoms with Crippen LogP contribution in [0.1, 0.15) is 0 Å². The Morgan fingerprint density at radius 1 is 1.45 bits per heavy atom. The Morgan fingerprint density at radius 3 is 2.60 bits per heavy atom. The van der Waals surface area contributed by atoms with Gasteiger partial charge in [-0.2, -0.15) is 8.42 Å². The summed E-state index contributed by atoms with van der Waals surface area (Å²) in [5.41, 5.74) is -0.00342. The molecule has 0 atom stereocenters. The van der Waals surface area contributed by atoms with Crippen molar-refractivity contribution in [2.45, 2.75) is 0 Å². The number of anilines is 1. The summed E-state index contributed by atoms with van der Waals surface area (Å²) < 4.78 is 30.1. The van der Waals surface area contributed by atoms with Gasteiger partial charge in [-0.15, -0.1) is 0 Å². The summed E-state index contributed by atoms with van der Waals surface area (Å²) in [5, 5.41) is 9.00. The Balaban J connectivity index is 3.19. The average molecular weight is 323 g/mol. The van der Waals surface area contributed by atoms with E-state index in [0.29, 0.717) is 4.31 Å². The van der Waals surface area contributed by atoms with Gasteiger partial charge in [0.05, 0.1) is 12.8 Å². The number of carbonyl (C=O) groups is 2. The maximum absolute atomic E-state index is 12.0. The summed E-state index contributed by atoms with van der Waals surface area (Å²) >= 11 is 5.73. The minimum Gasteiger partial charge on any atom is -0.480 e. The Morgan fingerprint density at radius 2 is 2.10 bits per heavy atom. The van der Waals surface area contributed by atoms with Crippen LogP contribution in [0.5, 0.6) is 0 Å². The highest BCUT2D eigenvalue weighted by atomic mass is 35.5. The van der Waals surface area contributed by atoms with Crippen LogP contribution in [0, 0.1) is 0 Å². The number of benzene rings is 1. The number of carboxylic acids is 1. The van der Waals surface area contributed by atoms with Gasteiger partial charge in [0.2, 0.25) is 0 Å². The van der Waals surface area contributed by atoms with Crippen molar-refractivity contribution in [3.63, 3.8) is 0 Å². The summed E-state index contributed by atoms with van der Waals surface area (Å²) in [4.78, 5) is 21.8. The van der Waals surface area contributed by atoms with Gasteiger partial charge in [-0.25, -0.2) is 13.8 Å². The molecular formula is C10H11ClN2O6S. The Labute approximate surface area is 120 Å². The number of carboxylic acid groups (broad SMARTS) is 1. The van der Waals surface area contributed by atoms with Crippen molar-refractivity contribution in [3.05, 3.63) is 29.3 Å². The first-order valence-electron chi connectivity index (χ1n) is 5.12. The van der Waals surface area contributed by atoms with Crippen LogP contribution in [0.25, 0.3) is 0 Å². The highest BCUT2D eigenvalue weighted by molar-refractivity contribution is 7.91. The summed E-state index contributed by atoms with van der Waals surface area (Å²) in [6.45, 7) is -0.882. The summed E-state index contributed by atoms with van der Waals surface area (Å²) in [5.74, 6) is -1.40. The van der Waals surface area contributed by atoms with Crippen LogP contribution in [0.3, 0.4) is 0 Å². The first-order valence-corrected chi connectivity index (χ1v) is 6.94. The Kier molecular flexibility index (Phi) is 5.17. The van der Waals surface area contributed by atoms with Gasteiger partial charge in [-0.1, -0.05) is 17.7 Å². The predicted octanol–water partition coefficient (Wildman–Crippen LogP) is 0.832. The van der Waals surface area contributed by atoms with Crippen LogP contribution >= 0.6 is 11.6 Å². The minimum absolute atomic E-state index is 0.00342. The lowest BCUT2D eigenvalue weighted by atomic mass is 10.3. The number of hydrogen-bond donors (Lipinski definition) is 2. The van der Waals surface area contributed by atoms with Crippen LogP contribution in [-0.2, 0) is 19.7 Å². The fourth-order valence-electron chi connectivity index (χ4n) is 1.27. The highest BCUT2D eigenvalue weighted by Gasteiger charge is 2.27. The van der Waals surface area contributed by atoms with Crippen molar-refractivity contribution in [2.24, 2.45) is 0 Å². The molecule has 110 valence electrons. The molecule has 1 rings (SSSR count). The van der Waals surface area contributed by atoms with Gasteiger partial charge in [0, 0.05) is 5.02 Å². The molecule has 1 amide bonds. The zero-order valence-corrected chi connectivity index (χ0v) is 11.8. The molecule has 0 aromatic heterocycles. The van der Waals surface area contributed by atoms with E-state index >= 15 is 0 Å². The third-order valence-corrected chi connectivity index (χ3v) is 3.64. The van der Waals surface area contributed by atoms with Crippen LogP contribution in [0.2, 0.25) is 5.02 Å². The minimum atomic E-state index is -4.43. The molecule has 0 spiro atoms. The number of nitrogens with zero attached hydrogens (tertiary/aromatic N) is 1. The lowest BCUT2D eigenvalue weighted by molar-refractivity contribution is -0.135. The van der Waals surface area contributed by atoms with E-state index in [1.165, 1.54) is 24.3 Å². The molecule has 0 saturated carbocycles. The van der Waals surface area contributed by atoms with Gasteiger partial charge in [-0.3, -0.25) is 4.79 Å². The molecule has 0 aliphatic heterocycles. The van der Waals surface area contributed by atoms with Crippen LogP contribution in [-0.4, -0.2) is 39.2 Å². The first-order chi connectivity index (χ1) is 9.26.